The highest BCUT2D eigenvalue weighted by Crippen LogP contribution is 2.23. The van der Waals surface area contributed by atoms with Gasteiger partial charge in [0.2, 0.25) is 5.95 Å². The summed E-state index contributed by atoms with van der Waals surface area (Å²) < 4.78 is 0. The maximum atomic E-state index is 9.35. The van der Waals surface area contributed by atoms with E-state index in [9.17, 15) is 5.11 Å². The number of aliphatic hydroxyl groups excluding tert-OH is 1. The fraction of sp³-hybridized carbons (Fsp3) is 0.429. The first-order valence-electron chi connectivity index (χ1n) is 6.58. The molecule has 102 valence electrons. The molecule has 0 aliphatic carbocycles. The Labute approximate surface area is 112 Å². The van der Waals surface area contributed by atoms with Crippen molar-refractivity contribution in [1.29, 1.82) is 0 Å². The zero-order valence-electron chi connectivity index (χ0n) is 11.3. The molecule has 1 aromatic carbocycles. The lowest BCUT2D eigenvalue weighted by Crippen LogP contribution is -2.05. The average molecular weight is 260 g/mol. The third kappa shape index (κ3) is 3.32. The Morgan fingerprint density at radius 3 is 2.84 bits per heavy atom. The number of nitrogens with one attached hydrogen (secondary N) is 1. The zero-order chi connectivity index (χ0) is 13.8. The van der Waals surface area contributed by atoms with Gasteiger partial charge in [0.1, 0.15) is 5.82 Å². The predicted octanol–water partition coefficient (Wildman–Crippen LogP) is 1.96. The monoisotopic (exact) mass is 260 g/mol. The number of hydrogen-bond donors (Lipinski definition) is 3. The van der Waals surface area contributed by atoms with Gasteiger partial charge >= 0.3 is 0 Å². The first-order chi connectivity index (χ1) is 9.10. The molecule has 0 bridgehead atoms. The van der Waals surface area contributed by atoms with Gasteiger partial charge in [-0.25, -0.2) is 4.98 Å². The van der Waals surface area contributed by atoms with Gasteiger partial charge in [0.25, 0.3) is 0 Å². The summed E-state index contributed by atoms with van der Waals surface area (Å²) in [5.41, 5.74) is 7.70. The molecule has 0 saturated heterocycles. The lowest BCUT2D eigenvalue weighted by atomic mass is 10.0. The number of anilines is 2. The first kappa shape index (κ1) is 13.5. The summed E-state index contributed by atoms with van der Waals surface area (Å²) in [6.07, 6.45) is 1.30. The number of aromatic nitrogens is 2. The number of nitrogens with two attached hydrogens (primary N) is 1. The van der Waals surface area contributed by atoms with E-state index in [0.29, 0.717) is 0 Å². The van der Waals surface area contributed by atoms with Crippen molar-refractivity contribution in [1.82, 2.24) is 9.97 Å². The predicted molar refractivity (Wildman–Crippen MR) is 78.1 cm³/mol. The van der Waals surface area contributed by atoms with Crippen LogP contribution in [0.5, 0.6) is 0 Å². The van der Waals surface area contributed by atoms with Gasteiger partial charge in [-0.2, -0.15) is 4.98 Å². The molecule has 0 aliphatic rings. The van der Waals surface area contributed by atoms with Crippen molar-refractivity contribution in [2.45, 2.75) is 32.8 Å². The van der Waals surface area contributed by atoms with Crippen LogP contribution in [0.2, 0.25) is 0 Å². The maximum absolute atomic E-state index is 9.35. The number of aryl methyl sites for hydroxylation is 1. The highest BCUT2D eigenvalue weighted by molar-refractivity contribution is 5.90. The Morgan fingerprint density at radius 1 is 1.37 bits per heavy atom. The summed E-state index contributed by atoms with van der Waals surface area (Å²) in [4.78, 5) is 8.47. The van der Waals surface area contributed by atoms with Gasteiger partial charge in [0.15, 0.2) is 0 Å². The van der Waals surface area contributed by atoms with Crippen LogP contribution in [0.4, 0.5) is 11.8 Å². The van der Waals surface area contributed by atoms with Crippen molar-refractivity contribution in [3.63, 3.8) is 0 Å². The summed E-state index contributed by atoms with van der Waals surface area (Å²) in [5.74, 6) is 1.05. The Balaban J connectivity index is 2.39. The molecule has 5 nitrogen and oxygen atoms in total. The Bertz CT molecular complexity index is 569. The average Bonchev–Trinajstić information content (AvgIpc) is 2.36. The Kier molecular flexibility index (Phi) is 4.16. The largest absolute Gasteiger partial charge is 0.393 e. The molecule has 2 aromatic rings. The molecular formula is C14H20N4O. The second kappa shape index (κ2) is 5.84. The summed E-state index contributed by atoms with van der Waals surface area (Å²) in [7, 11) is 0. The highest BCUT2D eigenvalue weighted by Gasteiger charge is 2.07. The molecule has 1 atom stereocenters. The van der Waals surface area contributed by atoms with Crippen LogP contribution in [0.25, 0.3) is 10.9 Å². The van der Waals surface area contributed by atoms with Gasteiger partial charge in [-0.3, -0.25) is 0 Å². The van der Waals surface area contributed by atoms with Crippen LogP contribution >= 0.6 is 0 Å². The standard InChI is InChI=1S/C14H20N4O/c1-3-16-13-11-8-10(5-4-9(2)19)6-7-12(11)17-14(15)18-13/h6-9,19H,3-5H2,1-2H3,(H3,15,16,17,18). The van der Waals surface area contributed by atoms with E-state index in [1.165, 1.54) is 5.56 Å². The highest BCUT2D eigenvalue weighted by atomic mass is 16.3. The molecule has 0 spiro atoms. The minimum absolute atomic E-state index is 0.278. The molecule has 1 aromatic heterocycles. The van der Waals surface area contributed by atoms with Crippen LogP contribution in [0.3, 0.4) is 0 Å². The third-order valence-corrected chi connectivity index (χ3v) is 2.97. The summed E-state index contributed by atoms with van der Waals surface area (Å²) >= 11 is 0. The minimum Gasteiger partial charge on any atom is -0.393 e. The van der Waals surface area contributed by atoms with Gasteiger partial charge in [-0.1, -0.05) is 6.07 Å². The van der Waals surface area contributed by atoms with Gasteiger partial charge in [0, 0.05) is 11.9 Å². The van der Waals surface area contributed by atoms with E-state index in [1.54, 1.807) is 6.92 Å². The second-order valence-corrected chi connectivity index (χ2v) is 4.70. The number of aliphatic hydroxyl groups is 1. The zero-order valence-corrected chi connectivity index (χ0v) is 11.3. The number of hydrogen-bond acceptors (Lipinski definition) is 5. The third-order valence-electron chi connectivity index (χ3n) is 2.97. The van der Waals surface area contributed by atoms with Gasteiger partial charge in [-0.15, -0.1) is 0 Å². The maximum Gasteiger partial charge on any atom is 0.222 e. The van der Waals surface area contributed by atoms with Crippen LogP contribution in [0.15, 0.2) is 18.2 Å². The molecular weight excluding hydrogens is 240 g/mol. The Hall–Kier alpha value is -1.88. The first-order valence-corrected chi connectivity index (χ1v) is 6.58. The van der Waals surface area contributed by atoms with Crippen LogP contribution in [-0.4, -0.2) is 27.7 Å². The van der Waals surface area contributed by atoms with Crippen molar-refractivity contribution in [2.24, 2.45) is 0 Å². The lowest BCUT2D eigenvalue weighted by molar-refractivity contribution is 0.185. The molecule has 0 fully saturated rings. The summed E-state index contributed by atoms with van der Waals surface area (Å²) in [6.45, 7) is 4.60. The van der Waals surface area contributed by atoms with Crippen LogP contribution < -0.4 is 11.1 Å². The molecule has 0 aliphatic heterocycles. The van der Waals surface area contributed by atoms with Crippen molar-refractivity contribution in [3.05, 3.63) is 23.8 Å². The molecule has 1 unspecified atom stereocenters. The van der Waals surface area contributed by atoms with Gasteiger partial charge in [-0.05, 0) is 44.4 Å². The molecule has 4 N–H and O–H groups in total. The summed E-state index contributed by atoms with van der Waals surface area (Å²) in [6, 6.07) is 6.04. The smallest absolute Gasteiger partial charge is 0.222 e. The second-order valence-electron chi connectivity index (χ2n) is 4.70. The number of nitrogen functional groups attached to an aromatic ring is 1. The van der Waals surface area contributed by atoms with Gasteiger partial charge < -0.3 is 16.2 Å². The molecule has 2 rings (SSSR count). The van der Waals surface area contributed by atoms with E-state index in [-0.39, 0.29) is 12.1 Å². The van der Waals surface area contributed by atoms with Crippen LogP contribution in [-0.2, 0) is 6.42 Å². The number of rotatable bonds is 5. The normalized spacial score (nSPS) is 12.6. The number of benzene rings is 1. The molecule has 0 saturated carbocycles. The van der Waals surface area contributed by atoms with Crippen LogP contribution in [0.1, 0.15) is 25.8 Å². The van der Waals surface area contributed by atoms with Crippen LogP contribution in [0, 0.1) is 0 Å². The van der Waals surface area contributed by atoms with Crippen molar-refractivity contribution in [2.75, 3.05) is 17.6 Å². The van der Waals surface area contributed by atoms with Crippen molar-refractivity contribution in [3.8, 4) is 0 Å². The minimum atomic E-state index is -0.286. The SMILES string of the molecule is CCNc1nc(N)nc2ccc(CCC(C)O)cc12. The van der Waals surface area contributed by atoms with E-state index >= 15 is 0 Å². The van der Waals surface area contributed by atoms with E-state index in [2.05, 4.69) is 21.4 Å². The van der Waals surface area contributed by atoms with Crippen molar-refractivity contribution < 1.29 is 5.11 Å². The van der Waals surface area contributed by atoms with E-state index in [0.717, 1.165) is 36.1 Å². The number of nitrogens with zero attached hydrogens (tertiary/aromatic N) is 2. The molecule has 1 heterocycles. The van der Waals surface area contributed by atoms with Crippen molar-refractivity contribution >= 4 is 22.7 Å². The topological polar surface area (TPSA) is 84.1 Å². The lowest BCUT2D eigenvalue weighted by Gasteiger charge is -2.10. The molecule has 5 heteroatoms. The van der Waals surface area contributed by atoms with Gasteiger partial charge in [0.05, 0.1) is 11.6 Å². The number of fused-ring (bicyclic) bond motifs is 1. The molecule has 0 radical (unpaired) electrons. The van der Waals surface area contributed by atoms with E-state index < -0.39 is 0 Å². The Morgan fingerprint density at radius 2 is 2.16 bits per heavy atom. The quantitative estimate of drug-likeness (QED) is 0.765. The fourth-order valence-corrected chi connectivity index (χ4v) is 2.03. The summed E-state index contributed by atoms with van der Waals surface area (Å²) in [5, 5.41) is 13.5. The van der Waals surface area contributed by atoms with E-state index in [1.807, 2.05) is 19.1 Å². The fourth-order valence-electron chi connectivity index (χ4n) is 2.03. The molecule has 0 amide bonds. The van der Waals surface area contributed by atoms with E-state index in [4.69, 9.17) is 5.73 Å². The molecule has 19 heavy (non-hydrogen) atoms.